The molecule has 6 N–H and O–H groups in total. The number of sulfonamides is 2. The number of rotatable bonds is 18. The van der Waals surface area contributed by atoms with E-state index in [1.807, 2.05) is 24.3 Å². The molecule has 8 atom stereocenters. The van der Waals surface area contributed by atoms with Crippen LogP contribution in [-0.2, 0) is 29.6 Å². The first kappa shape index (κ1) is 49.0. The molecule has 0 amide bonds. The van der Waals surface area contributed by atoms with E-state index in [-0.39, 0.29) is 73.6 Å². The maximum Gasteiger partial charge on any atom is 2.00 e. The Morgan fingerprint density at radius 3 is 1.27 bits per heavy atom. The van der Waals surface area contributed by atoms with Gasteiger partial charge in [0, 0.05) is 24.0 Å². The number of unbranched alkanes of at least 4 members (excludes halogenated alkanes) is 2. The van der Waals surface area contributed by atoms with Crippen molar-refractivity contribution in [2.24, 2.45) is 35.5 Å². The summed E-state index contributed by atoms with van der Waals surface area (Å²) in [6, 6.07) is 17.1. The van der Waals surface area contributed by atoms with Crippen LogP contribution in [0.25, 0.3) is 0 Å². The van der Waals surface area contributed by atoms with Crippen LogP contribution in [0, 0.1) is 35.5 Å². The summed E-state index contributed by atoms with van der Waals surface area (Å²) in [5.74, 6) is 0.635. The number of carboxylic acid groups (broad SMARTS) is 2. The molecular formula is C40H56CaN2O10S2. The van der Waals surface area contributed by atoms with E-state index in [9.17, 15) is 36.6 Å². The predicted molar refractivity (Wildman–Crippen MR) is 208 cm³/mol. The standard InChI is InChI=1S/2C20H27NO4S.Ca.2H2O/c2*22-19(23)11-7-2-1-6-10-18-15-12-13-16(14-15)20(18)21-26(24,25)17-8-4-3-5-9-17;;;/h2*1,3-6,8-9,15-16,18,20-21H,2,7,10-14H2,(H,22,23);;2*1H2/q;;+2;;/p-2/b2*6-1-;;;/t2*15-,16-,18+,20+;;;/m11.../s1. The van der Waals surface area contributed by atoms with E-state index in [4.69, 9.17) is 0 Å². The van der Waals surface area contributed by atoms with E-state index < -0.39 is 32.0 Å². The van der Waals surface area contributed by atoms with Gasteiger partial charge >= 0.3 is 37.7 Å². The van der Waals surface area contributed by atoms with E-state index in [2.05, 4.69) is 21.6 Å². The molecule has 0 spiro atoms. The molecule has 0 saturated heterocycles. The summed E-state index contributed by atoms with van der Waals surface area (Å²) in [6.45, 7) is 0. The fraction of sp³-hybridized carbons (Fsp3) is 0.550. The minimum atomic E-state index is -3.49. The van der Waals surface area contributed by atoms with Gasteiger partial charge in [-0.05, 0) is 150 Å². The van der Waals surface area contributed by atoms with Gasteiger partial charge in [-0.15, -0.1) is 0 Å². The first-order valence-electron chi connectivity index (χ1n) is 18.8. The summed E-state index contributed by atoms with van der Waals surface area (Å²) in [4.78, 5) is 21.5. The Morgan fingerprint density at radius 1 is 0.582 bits per heavy atom. The number of hydrogen-bond acceptors (Lipinski definition) is 8. The maximum atomic E-state index is 12.7. The Balaban J connectivity index is 0.000000360. The van der Waals surface area contributed by atoms with Crippen LogP contribution in [0.2, 0.25) is 0 Å². The Bertz CT molecular complexity index is 1630. The Morgan fingerprint density at radius 2 is 0.927 bits per heavy atom. The van der Waals surface area contributed by atoms with Gasteiger partial charge < -0.3 is 30.8 Å². The van der Waals surface area contributed by atoms with Gasteiger partial charge in [0.2, 0.25) is 20.0 Å². The third-order valence-corrected chi connectivity index (χ3v) is 14.5. The molecule has 4 fully saturated rings. The van der Waals surface area contributed by atoms with E-state index in [1.165, 1.54) is 12.8 Å². The van der Waals surface area contributed by atoms with Gasteiger partial charge in [0.05, 0.1) is 9.79 Å². The fourth-order valence-corrected chi connectivity index (χ4v) is 11.8. The third-order valence-electron chi connectivity index (χ3n) is 11.5. The Kier molecular flexibility index (Phi) is 20.8. The summed E-state index contributed by atoms with van der Waals surface area (Å²) >= 11 is 0. The quantitative estimate of drug-likeness (QED) is 0.128. The number of fused-ring (bicyclic) bond motifs is 4. The van der Waals surface area contributed by atoms with Crippen molar-refractivity contribution in [2.45, 2.75) is 112 Å². The van der Waals surface area contributed by atoms with Crippen molar-refractivity contribution >= 4 is 69.7 Å². The molecule has 12 nitrogen and oxygen atoms in total. The van der Waals surface area contributed by atoms with E-state index in [1.54, 1.807) is 48.5 Å². The molecule has 2 aromatic carbocycles. The van der Waals surface area contributed by atoms with Gasteiger partial charge in [-0.25, -0.2) is 26.3 Å². The first-order valence-corrected chi connectivity index (χ1v) is 21.8. The van der Waals surface area contributed by atoms with Crippen molar-refractivity contribution in [1.29, 1.82) is 0 Å². The molecule has 55 heavy (non-hydrogen) atoms. The van der Waals surface area contributed by atoms with Crippen LogP contribution in [0.15, 0.2) is 94.8 Å². The van der Waals surface area contributed by atoms with Gasteiger partial charge in [0.15, 0.2) is 0 Å². The van der Waals surface area contributed by atoms with Crippen molar-refractivity contribution in [3.8, 4) is 0 Å². The summed E-state index contributed by atoms with van der Waals surface area (Å²) in [7, 11) is -6.99. The molecule has 6 rings (SSSR count). The number of benzene rings is 2. The van der Waals surface area contributed by atoms with Crippen molar-refractivity contribution in [2.75, 3.05) is 0 Å². The molecule has 4 aliphatic rings. The van der Waals surface area contributed by atoms with Gasteiger partial charge in [-0.1, -0.05) is 60.7 Å². The van der Waals surface area contributed by atoms with Crippen LogP contribution in [0.4, 0.5) is 0 Å². The second-order valence-corrected chi connectivity index (χ2v) is 18.3. The second-order valence-electron chi connectivity index (χ2n) is 14.9. The number of carbonyl (C=O) groups is 2. The topological polar surface area (TPSA) is 236 Å². The second kappa shape index (κ2) is 23.3. The SMILES string of the molecule is O.O.O=C([O-])CCC/C=C\C[C@H]1[C@@H]2CC[C@H](C2)[C@@H]1NS(=O)(=O)c1ccccc1.O=C([O-])CCC/C=C\C[C@H]1[C@@H]2CC[C@H](C2)[C@@H]1NS(=O)(=O)c1ccccc1.[Ca+2]. The molecule has 4 saturated carbocycles. The Hall–Kier alpha value is -2.14. The van der Waals surface area contributed by atoms with Crippen LogP contribution in [0.1, 0.15) is 89.9 Å². The van der Waals surface area contributed by atoms with Gasteiger partial charge in [-0.3, -0.25) is 0 Å². The molecule has 0 heterocycles. The number of hydrogen-bond donors (Lipinski definition) is 2. The smallest absolute Gasteiger partial charge is 0.550 e. The molecule has 0 unspecified atom stereocenters. The molecular weight excluding hydrogens is 773 g/mol. The van der Waals surface area contributed by atoms with E-state index in [0.29, 0.717) is 58.1 Å². The Labute approximate surface area is 356 Å². The summed E-state index contributed by atoms with van der Waals surface area (Å²) in [6.07, 6.45) is 19.4. The average Bonchev–Trinajstić information content (AvgIpc) is 3.92. The molecule has 4 aliphatic carbocycles. The zero-order chi connectivity index (χ0) is 37.1. The molecule has 300 valence electrons. The average molecular weight is 829 g/mol. The predicted octanol–water partition coefficient (Wildman–Crippen LogP) is 2.46. The number of aliphatic carboxylic acids is 2. The van der Waals surface area contributed by atoms with Crippen molar-refractivity contribution in [3.05, 3.63) is 85.0 Å². The molecule has 2 aromatic rings. The van der Waals surface area contributed by atoms with Crippen molar-refractivity contribution < 1.29 is 47.6 Å². The number of carbonyl (C=O) groups excluding carboxylic acids is 2. The summed E-state index contributed by atoms with van der Waals surface area (Å²) in [5.41, 5.74) is 0. The third kappa shape index (κ3) is 14.0. The normalized spacial score (nSPS) is 26.5. The zero-order valence-electron chi connectivity index (χ0n) is 31.4. The summed E-state index contributed by atoms with van der Waals surface area (Å²) in [5, 5.41) is 20.8. The van der Waals surface area contributed by atoms with Crippen LogP contribution in [-0.4, -0.2) is 89.5 Å². The number of allylic oxidation sites excluding steroid dienone is 4. The minimum absolute atomic E-state index is 0. The molecule has 0 aromatic heterocycles. The van der Waals surface area contributed by atoms with Crippen LogP contribution in [0.3, 0.4) is 0 Å². The maximum absolute atomic E-state index is 12.7. The molecule has 0 radical (unpaired) electrons. The monoisotopic (exact) mass is 828 g/mol. The van der Waals surface area contributed by atoms with E-state index >= 15 is 0 Å². The number of carboxylic acids is 2. The minimum Gasteiger partial charge on any atom is -0.550 e. The van der Waals surface area contributed by atoms with Crippen LogP contribution < -0.4 is 19.7 Å². The largest absolute Gasteiger partial charge is 2.00 e. The zero-order valence-corrected chi connectivity index (χ0v) is 35.2. The summed E-state index contributed by atoms with van der Waals surface area (Å²) < 4.78 is 56.7. The van der Waals surface area contributed by atoms with E-state index in [0.717, 1.165) is 51.4 Å². The van der Waals surface area contributed by atoms with Crippen LogP contribution in [0.5, 0.6) is 0 Å². The van der Waals surface area contributed by atoms with Crippen molar-refractivity contribution in [1.82, 2.24) is 9.44 Å². The molecule has 0 aliphatic heterocycles. The van der Waals surface area contributed by atoms with Crippen LogP contribution >= 0.6 is 0 Å². The first-order chi connectivity index (χ1) is 24.9. The van der Waals surface area contributed by atoms with Gasteiger partial charge in [0.1, 0.15) is 0 Å². The fourth-order valence-electron chi connectivity index (χ4n) is 9.03. The van der Waals surface area contributed by atoms with Gasteiger partial charge in [-0.2, -0.15) is 0 Å². The van der Waals surface area contributed by atoms with Gasteiger partial charge in [0.25, 0.3) is 0 Å². The van der Waals surface area contributed by atoms with Crippen molar-refractivity contribution in [3.63, 3.8) is 0 Å². The molecule has 15 heteroatoms. The number of nitrogens with one attached hydrogen (secondary N) is 2. The molecule has 4 bridgehead atoms.